The van der Waals surface area contributed by atoms with Gasteiger partial charge in [-0.2, -0.15) is 0 Å². The van der Waals surface area contributed by atoms with Gasteiger partial charge in [-0.15, -0.1) is 0 Å². The summed E-state index contributed by atoms with van der Waals surface area (Å²) in [5.74, 6) is 0. The van der Waals surface area contributed by atoms with Crippen LogP contribution >= 0.6 is 0 Å². The van der Waals surface area contributed by atoms with Gasteiger partial charge in [-0.3, -0.25) is 0 Å². The second kappa shape index (κ2) is 12.3. The predicted octanol–water partition coefficient (Wildman–Crippen LogP) is 13.9. The molecule has 1 nitrogen and oxygen atoms in total. The minimum atomic E-state index is -0.514. The van der Waals surface area contributed by atoms with E-state index < -0.39 is 5.41 Å². The van der Waals surface area contributed by atoms with Gasteiger partial charge in [-0.05, 0) is 95.7 Å². The van der Waals surface area contributed by atoms with Crippen molar-refractivity contribution in [2.45, 2.75) is 24.7 Å². The van der Waals surface area contributed by atoms with Gasteiger partial charge in [0.1, 0.15) is 0 Å². The van der Waals surface area contributed by atoms with Crippen molar-refractivity contribution in [3.63, 3.8) is 0 Å². The van der Waals surface area contributed by atoms with Crippen molar-refractivity contribution in [3.05, 3.63) is 234 Å². The van der Waals surface area contributed by atoms with Gasteiger partial charge in [0.25, 0.3) is 0 Å². The fourth-order valence-electron chi connectivity index (χ4n) is 10.0. The lowest BCUT2D eigenvalue weighted by Gasteiger charge is -2.46. The molecule has 1 aromatic heterocycles. The molecule has 1 spiro atoms. The third-order valence-corrected chi connectivity index (χ3v) is 12.5. The molecule has 0 atom stereocenters. The first-order valence-corrected chi connectivity index (χ1v) is 19.6. The lowest BCUT2D eigenvalue weighted by Crippen LogP contribution is -2.40. The standard InChI is InChI=1S/C55H39N/c1-54(2)46-26-11-13-28-48(46)55(49-29-14-12-27-47(49)54)45-32-31-39(42-24-15-22-37-19-9-10-23-41(37)42)33-44(45)53-43(25-16-30-50(53)55)52-35-40(36-17-5-3-6-18-36)34-51(56-52)38-20-7-4-8-21-38/h3-35H,1-2H3. The Morgan fingerprint density at radius 1 is 0.339 bits per heavy atom. The molecule has 11 rings (SSSR count). The molecule has 264 valence electrons. The average Bonchev–Trinajstić information content (AvgIpc) is 3.56. The van der Waals surface area contributed by atoms with Crippen molar-refractivity contribution in [2.75, 3.05) is 0 Å². The van der Waals surface area contributed by atoms with E-state index in [0.717, 1.165) is 28.1 Å². The molecule has 56 heavy (non-hydrogen) atoms. The molecule has 0 fully saturated rings. The molecule has 9 aromatic rings. The zero-order valence-electron chi connectivity index (χ0n) is 31.5. The predicted molar refractivity (Wildman–Crippen MR) is 233 cm³/mol. The van der Waals surface area contributed by atoms with Crippen molar-refractivity contribution in [2.24, 2.45) is 0 Å². The van der Waals surface area contributed by atoms with Crippen LogP contribution in [0, 0.1) is 0 Å². The van der Waals surface area contributed by atoms with Crippen LogP contribution < -0.4 is 0 Å². The molecule has 0 saturated carbocycles. The fraction of sp³-hybridized carbons (Fsp3) is 0.0727. The van der Waals surface area contributed by atoms with Crippen LogP contribution in [0.25, 0.3) is 66.7 Å². The molecule has 0 amide bonds. The summed E-state index contributed by atoms with van der Waals surface area (Å²) in [4.78, 5) is 5.52. The Labute approximate surface area is 328 Å². The Kier molecular flexibility index (Phi) is 7.18. The minimum Gasteiger partial charge on any atom is -0.248 e. The van der Waals surface area contributed by atoms with E-state index >= 15 is 0 Å². The van der Waals surface area contributed by atoms with Gasteiger partial charge in [-0.25, -0.2) is 4.98 Å². The zero-order valence-corrected chi connectivity index (χ0v) is 31.5. The Hall–Kier alpha value is -6.83. The van der Waals surface area contributed by atoms with Crippen molar-refractivity contribution >= 4 is 10.8 Å². The van der Waals surface area contributed by atoms with Gasteiger partial charge < -0.3 is 0 Å². The van der Waals surface area contributed by atoms with Crippen LogP contribution in [0.1, 0.15) is 47.2 Å². The number of pyridine rings is 1. The first-order valence-electron chi connectivity index (χ1n) is 19.6. The van der Waals surface area contributed by atoms with Crippen LogP contribution in [0.5, 0.6) is 0 Å². The van der Waals surface area contributed by atoms with E-state index in [2.05, 4.69) is 214 Å². The van der Waals surface area contributed by atoms with Crippen molar-refractivity contribution in [1.29, 1.82) is 0 Å². The Morgan fingerprint density at radius 3 is 1.62 bits per heavy atom. The average molecular weight is 714 g/mol. The van der Waals surface area contributed by atoms with Gasteiger partial charge in [0.05, 0.1) is 16.8 Å². The van der Waals surface area contributed by atoms with Crippen LogP contribution in [0.2, 0.25) is 0 Å². The van der Waals surface area contributed by atoms with Crippen molar-refractivity contribution in [3.8, 4) is 55.9 Å². The normalized spacial score (nSPS) is 14.2. The lowest BCUT2D eigenvalue weighted by atomic mass is 9.55. The van der Waals surface area contributed by atoms with Crippen LogP contribution in [-0.2, 0) is 10.8 Å². The molecular formula is C55H39N. The van der Waals surface area contributed by atoms with Crippen LogP contribution in [0.15, 0.2) is 200 Å². The second-order valence-electron chi connectivity index (χ2n) is 15.8. The van der Waals surface area contributed by atoms with E-state index in [9.17, 15) is 0 Å². The van der Waals surface area contributed by atoms with Crippen LogP contribution in [0.4, 0.5) is 0 Å². The minimum absolute atomic E-state index is 0.169. The fourth-order valence-corrected chi connectivity index (χ4v) is 10.0. The molecule has 0 unspecified atom stereocenters. The SMILES string of the molecule is CC1(C)c2ccccc2C2(c3ccc(-c4cccc5ccccc45)cc3-c3c(-c4cc(-c5ccccc5)cc(-c5ccccc5)n4)cccc32)c2ccccc21. The topological polar surface area (TPSA) is 12.9 Å². The highest BCUT2D eigenvalue weighted by Gasteiger charge is 2.53. The van der Waals surface area contributed by atoms with Gasteiger partial charge >= 0.3 is 0 Å². The molecule has 0 radical (unpaired) electrons. The van der Waals surface area contributed by atoms with Crippen LogP contribution in [0.3, 0.4) is 0 Å². The lowest BCUT2D eigenvalue weighted by molar-refractivity contribution is 0.563. The summed E-state index contributed by atoms with van der Waals surface area (Å²) in [5.41, 5.74) is 18.9. The molecule has 2 aliphatic rings. The number of hydrogen-bond donors (Lipinski definition) is 0. The Balaban J connectivity index is 1.26. The maximum Gasteiger partial charge on any atom is 0.0722 e. The smallest absolute Gasteiger partial charge is 0.0722 e. The van der Waals surface area contributed by atoms with Crippen molar-refractivity contribution in [1.82, 2.24) is 4.98 Å². The highest BCUT2D eigenvalue weighted by molar-refractivity contribution is 6.01. The summed E-state index contributed by atoms with van der Waals surface area (Å²) in [6, 6.07) is 73.8. The summed E-state index contributed by atoms with van der Waals surface area (Å²) >= 11 is 0. The van der Waals surface area contributed by atoms with Crippen LogP contribution in [-0.4, -0.2) is 4.98 Å². The van der Waals surface area contributed by atoms with Gasteiger partial charge in [-0.1, -0.05) is 196 Å². The number of rotatable bonds is 4. The molecule has 1 heteroatoms. The van der Waals surface area contributed by atoms with E-state index in [0.29, 0.717) is 0 Å². The van der Waals surface area contributed by atoms with Gasteiger partial charge in [0, 0.05) is 16.5 Å². The highest BCUT2D eigenvalue weighted by atomic mass is 14.7. The Bertz CT molecular complexity index is 2880. The summed E-state index contributed by atoms with van der Waals surface area (Å²) in [6.45, 7) is 4.77. The zero-order chi connectivity index (χ0) is 37.4. The maximum absolute atomic E-state index is 5.52. The first-order chi connectivity index (χ1) is 27.5. The number of benzene rings is 8. The molecule has 0 aliphatic heterocycles. The molecular weight excluding hydrogens is 675 g/mol. The first kappa shape index (κ1) is 32.6. The molecule has 0 N–H and O–H groups in total. The number of aromatic nitrogens is 1. The van der Waals surface area contributed by atoms with Crippen molar-refractivity contribution < 1.29 is 0 Å². The maximum atomic E-state index is 5.52. The summed E-state index contributed by atoms with van der Waals surface area (Å²) in [7, 11) is 0. The van der Waals surface area contributed by atoms with E-state index in [1.807, 2.05) is 0 Å². The van der Waals surface area contributed by atoms with Gasteiger partial charge in [0.2, 0.25) is 0 Å². The number of hydrogen-bond acceptors (Lipinski definition) is 1. The monoisotopic (exact) mass is 713 g/mol. The van der Waals surface area contributed by atoms with E-state index in [1.54, 1.807) is 0 Å². The molecule has 0 saturated heterocycles. The Morgan fingerprint density at radius 2 is 0.893 bits per heavy atom. The van der Waals surface area contributed by atoms with E-state index in [4.69, 9.17) is 4.98 Å². The summed E-state index contributed by atoms with van der Waals surface area (Å²) in [6.07, 6.45) is 0. The number of fused-ring (bicyclic) bond motifs is 10. The van der Waals surface area contributed by atoms with Gasteiger partial charge in [0.15, 0.2) is 0 Å². The summed E-state index contributed by atoms with van der Waals surface area (Å²) in [5, 5.41) is 2.51. The summed E-state index contributed by atoms with van der Waals surface area (Å²) < 4.78 is 0. The van der Waals surface area contributed by atoms with E-state index in [-0.39, 0.29) is 5.41 Å². The highest BCUT2D eigenvalue weighted by Crippen LogP contribution is 2.63. The molecule has 2 aliphatic carbocycles. The molecule has 0 bridgehead atoms. The quantitative estimate of drug-likeness (QED) is 0.177. The third-order valence-electron chi connectivity index (χ3n) is 12.5. The largest absolute Gasteiger partial charge is 0.248 e. The molecule has 8 aromatic carbocycles. The van der Waals surface area contributed by atoms with E-state index in [1.165, 1.54) is 72.0 Å². The third kappa shape index (κ3) is 4.64. The molecule has 1 heterocycles. The second-order valence-corrected chi connectivity index (χ2v) is 15.8. The number of nitrogens with zero attached hydrogens (tertiary/aromatic N) is 1.